The Morgan fingerprint density at radius 3 is 2.55 bits per heavy atom. The van der Waals surface area contributed by atoms with Crippen molar-refractivity contribution in [3.63, 3.8) is 0 Å². The fourth-order valence-electron chi connectivity index (χ4n) is 3.58. The molecular formula is C17H25N3O2. The van der Waals surface area contributed by atoms with Crippen LogP contribution < -0.4 is 10.1 Å². The molecule has 120 valence electrons. The zero-order valence-corrected chi connectivity index (χ0v) is 13.5. The van der Waals surface area contributed by atoms with Gasteiger partial charge in [-0.1, -0.05) is 12.1 Å². The van der Waals surface area contributed by atoms with Crippen LogP contribution in [0.1, 0.15) is 18.4 Å². The van der Waals surface area contributed by atoms with Crippen LogP contribution in [0.2, 0.25) is 0 Å². The molecular weight excluding hydrogens is 278 g/mol. The van der Waals surface area contributed by atoms with Crippen molar-refractivity contribution in [2.45, 2.75) is 24.8 Å². The zero-order valence-electron chi connectivity index (χ0n) is 13.5. The minimum Gasteiger partial charge on any atom is -0.497 e. The summed E-state index contributed by atoms with van der Waals surface area (Å²) in [6.45, 7) is 3.39. The number of nitrogens with one attached hydrogen (secondary N) is 1. The van der Waals surface area contributed by atoms with Gasteiger partial charge in [0.05, 0.1) is 13.8 Å². The van der Waals surface area contributed by atoms with Crippen LogP contribution in [0, 0.1) is 0 Å². The minimum atomic E-state index is -0.259. The van der Waals surface area contributed by atoms with Gasteiger partial charge < -0.3 is 15.0 Å². The van der Waals surface area contributed by atoms with Crippen LogP contribution >= 0.6 is 0 Å². The molecule has 0 bridgehead atoms. The molecule has 1 amide bonds. The average Bonchev–Trinajstić information content (AvgIpc) is 2.79. The Hall–Kier alpha value is -1.59. The molecule has 5 heteroatoms. The highest BCUT2D eigenvalue weighted by Gasteiger charge is 2.50. The van der Waals surface area contributed by atoms with E-state index >= 15 is 0 Å². The third-order valence-electron chi connectivity index (χ3n) is 5.06. The molecule has 0 aliphatic carbocycles. The summed E-state index contributed by atoms with van der Waals surface area (Å²) < 4.78 is 5.18. The number of carbonyl (C=O) groups excluding carboxylic acids is 1. The molecule has 2 heterocycles. The molecule has 2 aliphatic heterocycles. The number of methoxy groups -OCH3 is 1. The Balaban J connectivity index is 1.62. The van der Waals surface area contributed by atoms with Crippen LogP contribution in [0.15, 0.2) is 24.3 Å². The quantitative estimate of drug-likeness (QED) is 0.904. The van der Waals surface area contributed by atoms with Crippen LogP contribution in [0.4, 0.5) is 0 Å². The normalized spacial score (nSPS) is 21.5. The number of ether oxygens (including phenoxy) is 1. The molecule has 1 aromatic rings. The third kappa shape index (κ3) is 2.71. The van der Waals surface area contributed by atoms with E-state index in [0.29, 0.717) is 5.91 Å². The lowest BCUT2D eigenvalue weighted by Crippen LogP contribution is -2.54. The molecule has 1 N–H and O–H groups in total. The van der Waals surface area contributed by atoms with E-state index in [1.165, 1.54) is 5.56 Å². The molecule has 0 radical (unpaired) electrons. The Bertz CT molecular complexity index is 523. The van der Waals surface area contributed by atoms with Crippen LogP contribution in [-0.2, 0) is 11.2 Å². The van der Waals surface area contributed by atoms with Gasteiger partial charge >= 0.3 is 0 Å². The maximum absolute atomic E-state index is 12.9. The second kappa shape index (κ2) is 6.26. The predicted molar refractivity (Wildman–Crippen MR) is 85.9 cm³/mol. The number of benzene rings is 1. The summed E-state index contributed by atoms with van der Waals surface area (Å²) in [5, 5.41) is 3.35. The highest BCUT2D eigenvalue weighted by molar-refractivity contribution is 5.88. The second-order valence-electron chi connectivity index (χ2n) is 6.29. The van der Waals surface area contributed by atoms with Gasteiger partial charge in [0, 0.05) is 6.54 Å². The lowest BCUT2D eigenvalue weighted by atomic mass is 9.87. The first-order valence-corrected chi connectivity index (χ1v) is 8.00. The van der Waals surface area contributed by atoms with E-state index in [0.717, 1.165) is 51.3 Å². The summed E-state index contributed by atoms with van der Waals surface area (Å²) in [4.78, 5) is 17.1. The van der Waals surface area contributed by atoms with Crippen molar-refractivity contribution in [3.8, 4) is 5.75 Å². The van der Waals surface area contributed by atoms with Crippen LogP contribution in [0.5, 0.6) is 5.75 Å². The topological polar surface area (TPSA) is 44.8 Å². The zero-order chi connectivity index (χ0) is 15.6. The van der Waals surface area contributed by atoms with Gasteiger partial charge in [-0.15, -0.1) is 0 Å². The fraction of sp³-hybridized carbons (Fsp3) is 0.588. The van der Waals surface area contributed by atoms with Crippen molar-refractivity contribution in [3.05, 3.63) is 29.8 Å². The molecule has 0 saturated carbocycles. The molecule has 0 unspecified atom stereocenters. The van der Waals surface area contributed by atoms with Crippen molar-refractivity contribution in [1.82, 2.24) is 15.1 Å². The van der Waals surface area contributed by atoms with Gasteiger partial charge in [-0.3, -0.25) is 9.69 Å². The molecule has 2 saturated heterocycles. The molecule has 0 aromatic heterocycles. The minimum absolute atomic E-state index is 0.259. The Kier molecular flexibility index (Phi) is 4.36. The van der Waals surface area contributed by atoms with Crippen molar-refractivity contribution in [2.24, 2.45) is 0 Å². The van der Waals surface area contributed by atoms with E-state index < -0.39 is 0 Å². The van der Waals surface area contributed by atoms with E-state index in [9.17, 15) is 4.79 Å². The molecule has 1 spiro atoms. The van der Waals surface area contributed by atoms with E-state index in [1.807, 2.05) is 17.0 Å². The number of nitrogens with zero attached hydrogens (tertiary/aromatic N) is 2. The van der Waals surface area contributed by atoms with E-state index in [4.69, 9.17) is 4.74 Å². The summed E-state index contributed by atoms with van der Waals surface area (Å²) in [5.74, 6) is 1.18. The van der Waals surface area contributed by atoms with Crippen LogP contribution in [0.25, 0.3) is 0 Å². The first-order valence-electron chi connectivity index (χ1n) is 8.00. The number of amides is 1. The summed E-state index contributed by atoms with van der Waals surface area (Å²) in [6.07, 6.45) is 2.72. The molecule has 0 atom stereocenters. The number of hydrogen-bond donors (Lipinski definition) is 1. The van der Waals surface area contributed by atoms with Crippen molar-refractivity contribution in [2.75, 3.05) is 40.5 Å². The van der Waals surface area contributed by atoms with Gasteiger partial charge in [-0.25, -0.2) is 0 Å². The van der Waals surface area contributed by atoms with Crippen molar-refractivity contribution in [1.29, 1.82) is 0 Å². The van der Waals surface area contributed by atoms with Gasteiger partial charge in [-0.05, 0) is 57.1 Å². The standard InChI is InChI=1S/C17H25N3O2/c1-19-13-20(16(21)17(19)8-10-18-11-9-17)12-7-14-3-5-15(22-2)6-4-14/h3-6,18H,7-13H2,1-2H3. The Morgan fingerprint density at radius 1 is 1.23 bits per heavy atom. The van der Waals surface area contributed by atoms with Crippen LogP contribution in [0.3, 0.4) is 0 Å². The summed E-state index contributed by atoms with van der Waals surface area (Å²) in [7, 11) is 3.75. The van der Waals surface area contributed by atoms with Gasteiger partial charge in [0.25, 0.3) is 0 Å². The number of carbonyl (C=O) groups is 1. The molecule has 2 aliphatic rings. The first-order chi connectivity index (χ1) is 10.7. The molecule has 1 aromatic carbocycles. The summed E-state index contributed by atoms with van der Waals surface area (Å²) in [5.41, 5.74) is 0.980. The maximum Gasteiger partial charge on any atom is 0.244 e. The second-order valence-corrected chi connectivity index (χ2v) is 6.29. The maximum atomic E-state index is 12.9. The van der Waals surface area contributed by atoms with Gasteiger partial charge in [0.15, 0.2) is 0 Å². The summed E-state index contributed by atoms with van der Waals surface area (Å²) in [6, 6.07) is 8.09. The molecule has 3 rings (SSSR count). The van der Waals surface area contributed by atoms with E-state index in [-0.39, 0.29) is 5.54 Å². The SMILES string of the molecule is COc1ccc(CCN2CN(C)C3(CCNCC3)C2=O)cc1. The van der Waals surface area contributed by atoms with Crippen LogP contribution in [-0.4, -0.2) is 61.7 Å². The lowest BCUT2D eigenvalue weighted by Gasteiger charge is -2.36. The highest BCUT2D eigenvalue weighted by atomic mass is 16.5. The predicted octanol–water partition coefficient (Wildman–Crippen LogP) is 1.09. The monoisotopic (exact) mass is 303 g/mol. The fourth-order valence-corrected chi connectivity index (χ4v) is 3.58. The van der Waals surface area contributed by atoms with Gasteiger partial charge in [0.2, 0.25) is 5.91 Å². The molecule has 2 fully saturated rings. The number of likely N-dealkylation sites (N-methyl/N-ethyl adjacent to an activating group) is 1. The summed E-state index contributed by atoms with van der Waals surface area (Å²) >= 11 is 0. The number of piperidine rings is 1. The van der Waals surface area contributed by atoms with Gasteiger partial charge in [0.1, 0.15) is 11.3 Å². The average molecular weight is 303 g/mol. The first kappa shape index (κ1) is 15.3. The third-order valence-corrected chi connectivity index (χ3v) is 5.06. The van der Waals surface area contributed by atoms with E-state index in [2.05, 4.69) is 29.4 Å². The lowest BCUT2D eigenvalue weighted by molar-refractivity contribution is -0.134. The van der Waals surface area contributed by atoms with Crippen molar-refractivity contribution >= 4 is 5.91 Å². The molecule has 5 nitrogen and oxygen atoms in total. The highest BCUT2D eigenvalue weighted by Crippen LogP contribution is 2.32. The Labute approximate surface area is 132 Å². The smallest absolute Gasteiger partial charge is 0.244 e. The largest absolute Gasteiger partial charge is 0.497 e. The number of rotatable bonds is 4. The van der Waals surface area contributed by atoms with Gasteiger partial charge in [-0.2, -0.15) is 0 Å². The Morgan fingerprint density at radius 2 is 1.91 bits per heavy atom. The van der Waals surface area contributed by atoms with Crippen molar-refractivity contribution < 1.29 is 9.53 Å². The van der Waals surface area contributed by atoms with E-state index in [1.54, 1.807) is 7.11 Å². The number of hydrogen-bond acceptors (Lipinski definition) is 4. The molecule has 22 heavy (non-hydrogen) atoms.